The number of thioether (sulfide) groups is 1. The summed E-state index contributed by atoms with van der Waals surface area (Å²) >= 11 is 2.06. The lowest BCUT2D eigenvalue weighted by atomic mass is 9.93. The van der Waals surface area contributed by atoms with E-state index < -0.39 is 0 Å². The number of hydrogen-bond donors (Lipinski definition) is 1. The summed E-state index contributed by atoms with van der Waals surface area (Å²) in [6.45, 7) is 12.6. The van der Waals surface area contributed by atoms with E-state index in [1.165, 1.54) is 17.9 Å². The van der Waals surface area contributed by atoms with Crippen molar-refractivity contribution in [2.24, 2.45) is 11.8 Å². The van der Waals surface area contributed by atoms with Crippen LogP contribution in [0.15, 0.2) is 0 Å². The summed E-state index contributed by atoms with van der Waals surface area (Å²) < 4.78 is 0. The molecule has 1 N–H and O–H groups in total. The van der Waals surface area contributed by atoms with Gasteiger partial charge in [-0.15, -0.1) is 0 Å². The van der Waals surface area contributed by atoms with Gasteiger partial charge in [-0.25, -0.2) is 0 Å². The summed E-state index contributed by atoms with van der Waals surface area (Å²) in [6.07, 6.45) is 1.36. The highest BCUT2D eigenvalue weighted by atomic mass is 32.2. The SMILES string of the molecule is CCSCCC(C)C(C)CNC(C)C. The first-order chi connectivity index (χ1) is 6.57. The van der Waals surface area contributed by atoms with Crippen molar-refractivity contribution in [3.05, 3.63) is 0 Å². The standard InChI is InChI=1S/C12H27NS/c1-6-14-8-7-11(4)12(5)9-13-10(2)3/h10-13H,6-9H2,1-5H3. The zero-order valence-electron chi connectivity index (χ0n) is 10.5. The topological polar surface area (TPSA) is 12.0 Å². The first kappa shape index (κ1) is 14.3. The van der Waals surface area contributed by atoms with Gasteiger partial charge in [-0.05, 0) is 36.3 Å². The van der Waals surface area contributed by atoms with Crippen LogP contribution in [-0.2, 0) is 0 Å². The maximum Gasteiger partial charge on any atom is 0.00104 e. The summed E-state index contributed by atoms with van der Waals surface area (Å²) in [5.41, 5.74) is 0. The fraction of sp³-hybridized carbons (Fsp3) is 1.00. The third kappa shape index (κ3) is 7.69. The molecule has 0 aromatic rings. The van der Waals surface area contributed by atoms with E-state index in [0.717, 1.165) is 18.4 Å². The Morgan fingerprint density at radius 1 is 1.07 bits per heavy atom. The second kappa shape index (κ2) is 8.60. The smallest absolute Gasteiger partial charge is 0.00104 e. The van der Waals surface area contributed by atoms with Gasteiger partial charge in [0.2, 0.25) is 0 Å². The lowest BCUT2D eigenvalue weighted by Crippen LogP contribution is -2.30. The Morgan fingerprint density at radius 3 is 2.21 bits per heavy atom. The first-order valence-electron chi connectivity index (χ1n) is 5.89. The van der Waals surface area contributed by atoms with Crippen LogP contribution in [-0.4, -0.2) is 24.1 Å². The molecule has 0 saturated carbocycles. The molecule has 0 heterocycles. The highest BCUT2D eigenvalue weighted by Gasteiger charge is 2.11. The molecule has 0 aliphatic rings. The van der Waals surface area contributed by atoms with Crippen LogP contribution in [0.1, 0.15) is 41.0 Å². The Morgan fingerprint density at radius 2 is 1.71 bits per heavy atom. The first-order valence-corrected chi connectivity index (χ1v) is 7.04. The van der Waals surface area contributed by atoms with Crippen molar-refractivity contribution in [3.8, 4) is 0 Å². The van der Waals surface area contributed by atoms with Gasteiger partial charge >= 0.3 is 0 Å². The lowest BCUT2D eigenvalue weighted by Gasteiger charge is -2.21. The van der Waals surface area contributed by atoms with E-state index in [4.69, 9.17) is 0 Å². The molecular weight excluding hydrogens is 190 g/mol. The molecule has 1 nitrogen and oxygen atoms in total. The van der Waals surface area contributed by atoms with Crippen LogP contribution < -0.4 is 5.32 Å². The summed E-state index contributed by atoms with van der Waals surface area (Å²) in [4.78, 5) is 0. The monoisotopic (exact) mass is 217 g/mol. The zero-order chi connectivity index (χ0) is 11.0. The molecule has 0 aliphatic heterocycles. The van der Waals surface area contributed by atoms with E-state index in [0.29, 0.717) is 6.04 Å². The second-order valence-corrected chi connectivity index (χ2v) is 5.90. The molecule has 86 valence electrons. The van der Waals surface area contributed by atoms with Gasteiger partial charge in [-0.3, -0.25) is 0 Å². The number of rotatable bonds is 8. The highest BCUT2D eigenvalue weighted by molar-refractivity contribution is 7.99. The van der Waals surface area contributed by atoms with E-state index >= 15 is 0 Å². The van der Waals surface area contributed by atoms with Gasteiger partial charge in [0.25, 0.3) is 0 Å². The Balaban J connectivity index is 3.49. The molecule has 2 heteroatoms. The quantitative estimate of drug-likeness (QED) is 0.625. The number of hydrogen-bond acceptors (Lipinski definition) is 2. The summed E-state index contributed by atoms with van der Waals surface area (Å²) in [6, 6.07) is 0.620. The second-order valence-electron chi connectivity index (χ2n) is 4.50. The molecule has 2 atom stereocenters. The van der Waals surface area contributed by atoms with E-state index in [-0.39, 0.29) is 0 Å². The Hall–Kier alpha value is 0.310. The van der Waals surface area contributed by atoms with E-state index in [1.807, 2.05) is 0 Å². The minimum atomic E-state index is 0.620. The fourth-order valence-corrected chi connectivity index (χ4v) is 2.15. The van der Waals surface area contributed by atoms with Crippen molar-refractivity contribution in [1.29, 1.82) is 0 Å². The zero-order valence-corrected chi connectivity index (χ0v) is 11.3. The average Bonchev–Trinajstić information content (AvgIpc) is 2.14. The molecule has 0 bridgehead atoms. The largest absolute Gasteiger partial charge is 0.314 e. The third-order valence-electron chi connectivity index (χ3n) is 2.74. The minimum Gasteiger partial charge on any atom is -0.314 e. The molecule has 2 unspecified atom stereocenters. The molecule has 0 amide bonds. The predicted molar refractivity (Wildman–Crippen MR) is 69.1 cm³/mol. The van der Waals surface area contributed by atoms with E-state index in [1.54, 1.807) is 0 Å². The van der Waals surface area contributed by atoms with Crippen LogP contribution in [0.4, 0.5) is 0 Å². The maximum atomic E-state index is 3.51. The molecule has 0 fully saturated rings. The normalized spacial score (nSPS) is 15.9. The summed E-state index contributed by atoms with van der Waals surface area (Å²) in [5.74, 6) is 4.23. The van der Waals surface area contributed by atoms with Gasteiger partial charge in [-0.2, -0.15) is 11.8 Å². The predicted octanol–water partition coefficient (Wildman–Crippen LogP) is 3.40. The van der Waals surface area contributed by atoms with Gasteiger partial charge in [-0.1, -0.05) is 34.6 Å². The maximum absolute atomic E-state index is 3.51. The van der Waals surface area contributed by atoms with Gasteiger partial charge < -0.3 is 5.32 Å². The highest BCUT2D eigenvalue weighted by Crippen LogP contribution is 2.17. The van der Waals surface area contributed by atoms with Crippen molar-refractivity contribution >= 4 is 11.8 Å². The van der Waals surface area contributed by atoms with Gasteiger partial charge in [0.1, 0.15) is 0 Å². The molecule has 0 aliphatic carbocycles. The Kier molecular flexibility index (Phi) is 8.80. The minimum absolute atomic E-state index is 0.620. The van der Waals surface area contributed by atoms with E-state index in [9.17, 15) is 0 Å². The van der Waals surface area contributed by atoms with Gasteiger partial charge in [0.15, 0.2) is 0 Å². The van der Waals surface area contributed by atoms with Crippen molar-refractivity contribution < 1.29 is 0 Å². The molecule has 0 saturated heterocycles. The van der Waals surface area contributed by atoms with Crippen LogP contribution in [0.3, 0.4) is 0 Å². The van der Waals surface area contributed by atoms with Gasteiger partial charge in [0, 0.05) is 6.04 Å². The van der Waals surface area contributed by atoms with Crippen LogP contribution in [0.25, 0.3) is 0 Å². The Labute approximate surface area is 94.4 Å². The third-order valence-corrected chi connectivity index (χ3v) is 3.67. The summed E-state index contributed by atoms with van der Waals surface area (Å²) in [5, 5.41) is 3.51. The average molecular weight is 217 g/mol. The fourth-order valence-electron chi connectivity index (χ4n) is 1.32. The molecule has 0 spiro atoms. The molecule has 0 rings (SSSR count). The van der Waals surface area contributed by atoms with Crippen molar-refractivity contribution in [2.45, 2.75) is 47.1 Å². The summed E-state index contributed by atoms with van der Waals surface area (Å²) in [7, 11) is 0. The molecule has 14 heavy (non-hydrogen) atoms. The Bertz CT molecular complexity index is 125. The van der Waals surface area contributed by atoms with Gasteiger partial charge in [0.05, 0.1) is 0 Å². The molecule has 0 radical (unpaired) electrons. The molecule has 0 aromatic heterocycles. The molecular formula is C12H27NS. The van der Waals surface area contributed by atoms with E-state index in [2.05, 4.69) is 51.7 Å². The lowest BCUT2D eigenvalue weighted by molar-refractivity contribution is 0.349. The van der Waals surface area contributed by atoms with Crippen LogP contribution in [0, 0.1) is 11.8 Å². The van der Waals surface area contributed by atoms with Crippen molar-refractivity contribution in [3.63, 3.8) is 0 Å². The van der Waals surface area contributed by atoms with Crippen LogP contribution in [0.5, 0.6) is 0 Å². The number of nitrogens with one attached hydrogen (secondary N) is 1. The van der Waals surface area contributed by atoms with Crippen molar-refractivity contribution in [2.75, 3.05) is 18.1 Å². The molecule has 0 aromatic carbocycles. The van der Waals surface area contributed by atoms with Crippen molar-refractivity contribution in [1.82, 2.24) is 5.32 Å². The van der Waals surface area contributed by atoms with Crippen LogP contribution >= 0.6 is 11.8 Å². The van der Waals surface area contributed by atoms with Crippen LogP contribution in [0.2, 0.25) is 0 Å².